The second-order valence-corrected chi connectivity index (χ2v) is 11.4. The molecule has 0 aliphatic carbocycles. The van der Waals surface area contributed by atoms with Crippen LogP contribution in [0.3, 0.4) is 0 Å². The number of aromatic nitrogens is 1. The van der Waals surface area contributed by atoms with Crippen molar-refractivity contribution in [1.82, 2.24) is 19.9 Å². The first-order valence-electron chi connectivity index (χ1n) is 12.8. The van der Waals surface area contributed by atoms with Gasteiger partial charge in [-0.25, -0.2) is 12.8 Å². The van der Waals surface area contributed by atoms with Gasteiger partial charge in [0.15, 0.2) is 0 Å². The molecule has 1 aliphatic heterocycles. The summed E-state index contributed by atoms with van der Waals surface area (Å²) in [4.78, 5) is 42.5. The molecular weight excluding hydrogens is 553 g/mol. The fraction of sp³-hybridized carbons (Fsp3) is 0.286. The van der Waals surface area contributed by atoms with Gasteiger partial charge in [-0.15, -0.1) is 0 Å². The first-order chi connectivity index (χ1) is 19.6. The number of hydrogen-bond donors (Lipinski definition) is 3. The van der Waals surface area contributed by atoms with Crippen LogP contribution in [0.15, 0.2) is 78.0 Å². The summed E-state index contributed by atoms with van der Waals surface area (Å²) in [6.07, 6.45) is 3.10. The maximum Gasteiger partial charge on any atom is 0.251 e. The number of piperidine rings is 1. The molecule has 41 heavy (non-hydrogen) atoms. The van der Waals surface area contributed by atoms with Crippen LogP contribution in [0.2, 0.25) is 0 Å². The Bertz CT molecular complexity index is 1490. The van der Waals surface area contributed by atoms with Crippen LogP contribution in [0.5, 0.6) is 5.75 Å². The minimum absolute atomic E-state index is 0.0263. The molecule has 3 amide bonds. The predicted molar refractivity (Wildman–Crippen MR) is 147 cm³/mol. The zero-order chi connectivity index (χ0) is 29.6. The fourth-order valence-electron chi connectivity index (χ4n) is 4.60. The number of nitrogens with two attached hydrogens (primary N) is 1. The van der Waals surface area contributed by atoms with Gasteiger partial charge in [0.05, 0.1) is 12.0 Å². The number of rotatable bonds is 10. The van der Waals surface area contributed by atoms with Crippen LogP contribution in [0.25, 0.3) is 0 Å². The normalized spacial score (nSPS) is 18.2. The molecular formula is C28H30FN5O6S. The highest BCUT2D eigenvalue weighted by Gasteiger charge is 2.42. The van der Waals surface area contributed by atoms with E-state index in [0.717, 1.165) is 4.31 Å². The molecule has 1 fully saturated rings. The topological polar surface area (TPSA) is 161 Å². The zero-order valence-corrected chi connectivity index (χ0v) is 23.0. The predicted octanol–water partition coefficient (Wildman–Crippen LogP) is 1.39. The molecule has 13 heteroatoms. The van der Waals surface area contributed by atoms with Crippen molar-refractivity contribution in [1.29, 1.82) is 0 Å². The van der Waals surface area contributed by atoms with Crippen molar-refractivity contribution < 1.29 is 31.9 Å². The van der Waals surface area contributed by atoms with Gasteiger partial charge in [-0.3, -0.25) is 19.4 Å². The summed E-state index contributed by atoms with van der Waals surface area (Å²) in [5, 5.41) is 5.43. The number of methoxy groups -OCH3 is 1. The number of nitrogens with zero attached hydrogens (tertiary/aromatic N) is 2. The van der Waals surface area contributed by atoms with Gasteiger partial charge >= 0.3 is 0 Å². The molecule has 1 saturated heterocycles. The van der Waals surface area contributed by atoms with E-state index >= 15 is 0 Å². The van der Waals surface area contributed by atoms with E-state index in [1.807, 2.05) is 0 Å². The number of hydrogen-bond acceptors (Lipinski definition) is 7. The zero-order valence-electron chi connectivity index (χ0n) is 22.2. The minimum Gasteiger partial charge on any atom is -0.497 e. The Kier molecular flexibility index (Phi) is 9.30. The van der Waals surface area contributed by atoms with Gasteiger partial charge in [0.25, 0.3) is 5.91 Å². The first-order valence-corrected chi connectivity index (χ1v) is 14.2. The minimum atomic E-state index is -4.17. The third-order valence-electron chi connectivity index (χ3n) is 6.81. The molecule has 2 aromatic carbocycles. The molecule has 0 saturated carbocycles. The van der Waals surface area contributed by atoms with E-state index in [0.29, 0.717) is 16.9 Å². The number of ether oxygens (including phenoxy) is 1. The van der Waals surface area contributed by atoms with Crippen LogP contribution < -0.4 is 21.1 Å². The molecule has 11 nitrogen and oxygen atoms in total. The molecule has 0 bridgehead atoms. The van der Waals surface area contributed by atoms with E-state index in [9.17, 15) is 27.2 Å². The number of sulfonamides is 1. The SMILES string of the molecule is COc1ccc(S(=O)(=O)N2CCC(NC(=O)c3ccncc3)CC2C(=O)NC(Cc2ccc(F)cc2)C(N)=O)cc1. The summed E-state index contributed by atoms with van der Waals surface area (Å²) < 4.78 is 46.9. The van der Waals surface area contributed by atoms with E-state index in [1.165, 1.54) is 80.2 Å². The lowest BCUT2D eigenvalue weighted by Gasteiger charge is -2.38. The van der Waals surface area contributed by atoms with Crippen molar-refractivity contribution in [2.75, 3.05) is 13.7 Å². The van der Waals surface area contributed by atoms with E-state index < -0.39 is 51.7 Å². The van der Waals surface area contributed by atoms with Crippen LogP contribution in [-0.2, 0) is 26.0 Å². The number of halogens is 1. The third-order valence-corrected chi connectivity index (χ3v) is 8.74. The highest BCUT2D eigenvalue weighted by molar-refractivity contribution is 7.89. The van der Waals surface area contributed by atoms with Crippen molar-refractivity contribution in [3.63, 3.8) is 0 Å². The van der Waals surface area contributed by atoms with Gasteiger partial charge in [0.2, 0.25) is 21.8 Å². The van der Waals surface area contributed by atoms with Crippen LogP contribution in [0, 0.1) is 5.82 Å². The van der Waals surface area contributed by atoms with Crippen molar-refractivity contribution in [3.8, 4) is 5.75 Å². The molecule has 4 rings (SSSR count). The van der Waals surface area contributed by atoms with Crippen LogP contribution in [-0.4, -0.2) is 67.2 Å². The number of benzene rings is 2. The van der Waals surface area contributed by atoms with Gasteiger partial charge in [-0.1, -0.05) is 12.1 Å². The Morgan fingerprint density at radius 3 is 2.34 bits per heavy atom. The van der Waals surface area contributed by atoms with Crippen LogP contribution in [0.1, 0.15) is 28.8 Å². The number of primary amides is 1. The summed E-state index contributed by atoms with van der Waals surface area (Å²) >= 11 is 0. The summed E-state index contributed by atoms with van der Waals surface area (Å²) in [7, 11) is -2.71. The number of nitrogens with one attached hydrogen (secondary N) is 2. The highest BCUT2D eigenvalue weighted by Crippen LogP contribution is 2.27. The van der Waals surface area contributed by atoms with Gasteiger partial charge in [-0.05, 0) is 66.9 Å². The summed E-state index contributed by atoms with van der Waals surface area (Å²) in [6, 6.07) is 11.2. The maximum atomic E-state index is 13.7. The Hall–Kier alpha value is -4.36. The standard InChI is InChI=1S/C28H30FN5O6S/c1-40-22-6-8-23(9-7-22)41(38,39)34-15-12-21(32-27(36)19-10-13-31-14-11-19)17-25(34)28(37)33-24(26(30)35)16-18-2-4-20(29)5-3-18/h2-11,13-14,21,24-25H,12,15-17H2,1H3,(H2,30,35)(H,32,36)(H,33,37). The summed E-state index contributed by atoms with van der Waals surface area (Å²) in [6.45, 7) is -0.0764. The molecule has 4 N–H and O–H groups in total. The molecule has 0 radical (unpaired) electrons. The lowest BCUT2D eigenvalue weighted by Crippen LogP contribution is -2.59. The van der Waals surface area contributed by atoms with E-state index in [-0.39, 0.29) is 30.7 Å². The first kappa shape index (κ1) is 29.6. The average molecular weight is 584 g/mol. The van der Waals surface area contributed by atoms with Crippen LogP contribution >= 0.6 is 0 Å². The van der Waals surface area contributed by atoms with Gasteiger partial charge < -0.3 is 21.1 Å². The highest BCUT2D eigenvalue weighted by atomic mass is 32.2. The molecule has 3 unspecified atom stereocenters. The van der Waals surface area contributed by atoms with Crippen molar-refractivity contribution >= 4 is 27.7 Å². The Morgan fingerprint density at radius 2 is 1.73 bits per heavy atom. The molecule has 2 heterocycles. The molecule has 0 spiro atoms. The Morgan fingerprint density at radius 1 is 1.07 bits per heavy atom. The average Bonchev–Trinajstić information content (AvgIpc) is 2.98. The maximum absolute atomic E-state index is 13.7. The van der Waals surface area contributed by atoms with E-state index in [4.69, 9.17) is 10.5 Å². The molecule has 1 aliphatic rings. The van der Waals surface area contributed by atoms with Crippen molar-refractivity contribution in [2.24, 2.45) is 5.73 Å². The number of amides is 3. The van der Waals surface area contributed by atoms with E-state index in [2.05, 4.69) is 15.6 Å². The van der Waals surface area contributed by atoms with Crippen molar-refractivity contribution in [3.05, 3.63) is 90.0 Å². The van der Waals surface area contributed by atoms with Gasteiger partial charge in [-0.2, -0.15) is 4.31 Å². The van der Waals surface area contributed by atoms with Crippen molar-refractivity contribution in [2.45, 2.75) is 42.3 Å². The lowest BCUT2D eigenvalue weighted by atomic mass is 9.97. The summed E-state index contributed by atoms with van der Waals surface area (Å²) in [5.41, 5.74) is 6.46. The quantitative estimate of drug-likeness (QED) is 0.325. The monoisotopic (exact) mass is 583 g/mol. The summed E-state index contributed by atoms with van der Waals surface area (Å²) in [5.74, 6) is -1.99. The molecule has 3 atom stereocenters. The second kappa shape index (κ2) is 12.9. The van der Waals surface area contributed by atoms with Crippen LogP contribution in [0.4, 0.5) is 4.39 Å². The van der Waals surface area contributed by atoms with E-state index in [1.54, 1.807) is 0 Å². The number of carbonyl (C=O) groups is 3. The lowest BCUT2D eigenvalue weighted by molar-refractivity contribution is -0.130. The Labute approximate surface area is 236 Å². The molecule has 216 valence electrons. The molecule has 1 aromatic heterocycles. The smallest absolute Gasteiger partial charge is 0.251 e. The third kappa shape index (κ3) is 7.24. The second-order valence-electron chi connectivity index (χ2n) is 9.53. The Balaban J connectivity index is 1.59. The number of pyridine rings is 1. The number of carbonyl (C=O) groups excluding carboxylic acids is 3. The van der Waals surface area contributed by atoms with Gasteiger partial charge in [0.1, 0.15) is 23.7 Å². The van der Waals surface area contributed by atoms with Gasteiger partial charge in [0, 0.05) is 37.0 Å². The molecule has 3 aromatic rings. The largest absolute Gasteiger partial charge is 0.497 e. The fourth-order valence-corrected chi connectivity index (χ4v) is 6.22.